The Balaban J connectivity index is 1.92. The predicted octanol–water partition coefficient (Wildman–Crippen LogP) is 3.85. The van der Waals surface area contributed by atoms with Crippen molar-refractivity contribution in [2.75, 3.05) is 26.8 Å². The molecule has 18 heavy (non-hydrogen) atoms. The SMILES string of the molecule is COCCNCC1(Cc2sccc2Br)CCCC1. The first-order chi connectivity index (χ1) is 8.76. The van der Waals surface area contributed by atoms with E-state index in [0.717, 1.165) is 19.7 Å². The standard InChI is InChI=1S/C14H22BrNOS/c1-17-8-7-16-11-14(5-2-3-6-14)10-13-12(15)4-9-18-13/h4,9,16H,2-3,5-8,10-11H2,1H3. The first-order valence-corrected chi connectivity index (χ1v) is 8.35. The van der Waals surface area contributed by atoms with Crippen molar-refractivity contribution in [1.82, 2.24) is 5.32 Å². The lowest BCUT2D eigenvalue weighted by Crippen LogP contribution is -2.35. The van der Waals surface area contributed by atoms with E-state index >= 15 is 0 Å². The molecule has 1 saturated carbocycles. The Bertz CT molecular complexity index is 360. The predicted molar refractivity (Wildman–Crippen MR) is 81.4 cm³/mol. The summed E-state index contributed by atoms with van der Waals surface area (Å²) in [5.74, 6) is 0. The first kappa shape index (κ1) is 14.5. The van der Waals surface area contributed by atoms with E-state index in [4.69, 9.17) is 4.74 Å². The zero-order valence-electron chi connectivity index (χ0n) is 11.0. The van der Waals surface area contributed by atoms with Gasteiger partial charge in [-0.3, -0.25) is 0 Å². The molecule has 0 atom stereocenters. The normalized spacial score (nSPS) is 18.3. The number of hydrogen-bond acceptors (Lipinski definition) is 3. The number of hydrogen-bond donors (Lipinski definition) is 1. The van der Waals surface area contributed by atoms with Gasteiger partial charge in [-0.2, -0.15) is 0 Å². The van der Waals surface area contributed by atoms with Gasteiger partial charge in [0.05, 0.1) is 6.61 Å². The zero-order chi connectivity index (χ0) is 12.8. The summed E-state index contributed by atoms with van der Waals surface area (Å²) >= 11 is 5.54. The third-order valence-corrected chi connectivity index (χ3v) is 5.80. The number of rotatable bonds is 7. The van der Waals surface area contributed by atoms with Gasteiger partial charge in [-0.1, -0.05) is 12.8 Å². The van der Waals surface area contributed by atoms with Crippen LogP contribution >= 0.6 is 27.3 Å². The van der Waals surface area contributed by atoms with Crippen LogP contribution in [0.1, 0.15) is 30.6 Å². The van der Waals surface area contributed by atoms with E-state index in [2.05, 4.69) is 32.7 Å². The van der Waals surface area contributed by atoms with Gasteiger partial charge in [0.15, 0.2) is 0 Å². The Morgan fingerprint density at radius 1 is 1.44 bits per heavy atom. The maximum atomic E-state index is 5.10. The fourth-order valence-electron chi connectivity index (χ4n) is 2.86. The summed E-state index contributed by atoms with van der Waals surface area (Å²) in [7, 11) is 1.76. The van der Waals surface area contributed by atoms with Gasteiger partial charge in [0.1, 0.15) is 0 Å². The second kappa shape index (κ2) is 7.04. The summed E-state index contributed by atoms with van der Waals surface area (Å²) in [6.07, 6.45) is 6.70. The Labute approximate surface area is 122 Å². The van der Waals surface area contributed by atoms with Crippen LogP contribution in [0.2, 0.25) is 0 Å². The Morgan fingerprint density at radius 2 is 2.22 bits per heavy atom. The third kappa shape index (κ3) is 3.80. The van der Waals surface area contributed by atoms with Crippen LogP contribution in [0.3, 0.4) is 0 Å². The molecule has 4 heteroatoms. The van der Waals surface area contributed by atoms with Crippen LogP contribution in [0.25, 0.3) is 0 Å². The minimum Gasteiger partial charge on any atom is -0.383 e. The summed E-state index contributed by atoms with van der Waals surface area (Å²) in [5, 5.41) is 5.75. The van der Waals surface area contributed by atoms with Gasteiger partial charge in [0.25, 0.3) is 0 Å². The molecule has 0 spiro atoms. The van der Waals surface area contributed by atoms with Crippen LogP contribution in [0.5, 0.6) is 0 Å². The van der Waals surface area contributed by atoms with Crippen LogP contribution < -0.4 is 5.32 Å². The molecule has 0 amide bonds. The summed E-state index contributed by atoms with van der Waals surface area (Å²) in [5.41, 5.74) is 0.473. The highest BCUT2D eigenvalue weighted by Crippen LogP contribution is 2.42. The molecule has 1 N–H and O–H groups in total. The van der Waals surface area contributed by atoms with Crippen LogP contribution in [-0.4, -0.2) is 26.8 Å². The molecule has 0 radical (unpaired) electrons. The monoisotopic (exact) mass is 331 g/mol. The topological polar surface area (TPSA) is 21.3 Å². The second-order valence-corrected chi connectivity index (χ2v) is 7.10. The van der Waals surface area contributed by atoms with Crippen LogP contribution in [0, 0.1) is 5.41 Å². The Hall–Kier alpha value is 0.100. The average Bonchev–Trinajstić information content (AvgIpc) is 2.97. The van der Waals surface area contributed by atoms with Crippen LogP contribution in [0.15, 0.2) is 15.9 Å². The highest BCUT2D eigenvalue weighted by molar-refractivity contribution is 9.10. The Morgan fingerprint density at radius 3 is 2.83 bits per heavy atom. The van der Waals surface area contributed by atoms with Crippen molar-refractivity contribution in [3.05, 3.63) is 20.8 Å². The quantitative estimate of drug-likeness (QED) is 0.766. The molecule has 0 unspecified atom stereocenters. The number of ether oxygens (including phenoxy) is 1. The van der Waals surface area contributed by atoms with Crippen LogP contribution in [0.4, 0.5) is 0 Å². The Kier molecular flexibility index (Phi) is 5.67. The van der Waals surface area contributed by atoms with Crippen molar-refractivity contribution in [2.24, 2.45) is 5.41 Å². The van der Waals surface area contributed by atoms with Crippen molar-refractivity contribution in [1.29, 1.82) is 0 Å². The molecule has 2 rings (SSSR count). The highest BCUT2D eigenvalue weighted by atomic mass is 79.9. The summed E-state index contributed by atoms with van der Waals surface area (Å²) in [4.78, 5) is 1.51. The van der Waals surface area contributed by atoms with Crippen molar-refractivity contribution in [2.45, 2.75) is 32.1 Å². The van der Waals surface area contributed by atoms with E-state index in [0.29, 0.717) is 5.41 Å². The molecule has 1 heterocycles. The number of thiophene rings is 1. The van der Waals surface area contributed by atoms with Gasteiger partial charge in [0, 0.05) is 29.5 Å². The first-order valence-electron chi connectivity index (χ1n) is 6.67. The lowest BCUT2D eigenvalue weighted by molar-refractivity contribution is 0.190. The molecule has 1 aliphatic carbocycles. The summed E-state index contributed by atoms with van der Waals surface area (Å²) < 4.78 is 6.38. The molecule has 0 aliphatic heterocycles. The van der Waals surface area contributed by atoms with Gasteiger partial charge in [-0.25, -0.2) is 0 Å². The van der Waals surface area contributed by atoms with Crippen LogP contribution in [-0.2, 0) is 11.2 Å². The molecular weight excluding hydrogens is 310 g/mol. The van der Waals surface area contributed by atoms with E-state index < -0.39 is 0 Å². The lowest BCUT2D eigenvalue weighted by Gasteiger charge is -2.29. The molecule has 1 aromatic rings. The molecule has 102 valence electrons. The molecule has 0 saturated heterocycles. The van der Waals surface area contributed by atoms with Crippen molar-refractivity contribution < 1.29 is 4.74 Å². The van der Waals surface area contributed by atoms with E-state index in [9.17, 15) is 0 Å². The summed E-state index contributed by atoms with van der Waals surface area (Å²) in [6, 6.07) is 2.17. The number of methoxy groups -OCH3 is 1. The fraction of sp³-hybridized carbons (Fsp3) is 0.714. The number of halogens is 1. The average molecular weight is 332 g/mol. The number of nitrogens with one attached hydrogen (secondary N) is 1. The lowest BCUT2D eigenvalue weighted by atomic mass is 9.82. The molecule has 2 nitrogen and oxygen atoms in total. The third-order valence-electron chi connectivity index (χ3n) is 3.87. The molecule has 1 fully saturated rings. The fourth-order valence-corrected chi connectivity index (χ4v) is 4.53. The summed E-state index contributed by atoms with van der Waals surface area (Å²) in [6.45, 7) is 2.89. The maximum Gasteiger partial charge on any atom is 0.0587 e. The highest BCUT2D eigenvalue weighted by Gasteiger charge is 2.34. The second-order valence-electron chi connectivity index (χ2n) is 5.25. The van der Waals surface area contributed by atoms with E-state index in [1.165, 1.54) is 41.5 Å². The van der Waals surface area contributed by atoms with Gasteiger partial charge in [0.2, 0.25) is 0 Å². The van der Waals surface area contributed by atoms with Gasteiger partial charge >= 0.3 is 0 Å². The van der Waals surface area contributed by atoms with Gasteiger partial charge in [-0.05, 0) is 52.1 Å². The molecule has 1 aromatic heterocycles. The maximum absolute atomic E-state index is 5.10. The van der Waals surface area contributed by atoms with E-state index in [-0.39, 0.29) is 0 Å². The van der Waals surface area contributed by atoms with Crippen molar-refractivity contribution in [3.63, 3.8) is 0 Å². The smallest absolute Gasteiger partial charge is 0.0587 e. The van der Waals surface area contributed by atoms with Gasteiger partial charge in [-0.15, -0.1) is 11.3 Å². The minimum atomic E-state index is 0.473. The molecule has 1 aliphatic rings. The van der Waals surface area contributed by atoms with E-state index in [1.807, 2.05) is 11.3 Å². The molecular formula is C14H22BrNOS. The van der Waals surface area contributed by atoms with E-state index in [1.54, 1.807) is 7.11 Å². The molecule has 0 aromatic carbocycles. The largest absolute Gasteiger partial charge is 0.383 e. The minimum absolute atomic E-state index is 0.473. The van der Waals surface area contributed by atoms with Crippen molar-refractivity contribution in [3.8, 4) is 0 Å². The zero-order valence-corrected chi connectivity index (χ0v) is 13.4. The van der Waals surface area contributed by atoms with Gasteiger partial charge < -0.3 is 10.1 Å². The molecule has 0 bridgehead atoms. The van der Waals surface area contributed by atoms with Crippen molar-refractivity contribution >= 4 is 27.3 Å².